The number of nitrogens with zero attached hydrogens (tertiary/aromatic N) is 2. The van der Waals surface area contributed by atoms with Crippen molar-refractivity contribution in [2.75, 3.05) is 13.7 Å². The first-order chi connectivity index (χ1) is 14.0. The largest absolute Gasteiger partial charge is 0.493 e. The van der Waals surface area contributed by atoms with Crippen LogP contribution in [0.4, 0.5) is 0 Å². The molecule has 1 aromatic heterocycles. The number of thioether (sulfide) groups is 1. The summed E-state index contributed by atoms with van der Waals surface area (Å²) in [5.41, 5.74) is 1.63. The summed E-state index contributed by atoms with van der Waals surface area (Å²) in [6, 6.07) is 14.6. The van der Waals surface area contributed by atoms with E-state index in [2.05, 4.69) is 18.8 Å². The van der Waals surface area contributed by atoms with Crippen molar-refractivity contribution in [1.29, 1.82) is 0 Å². The minimum Gasteiger partial charge on any atom is -0.493 e. The molecule has 0 aliphatic heterocycles. The molecule has 5 nitrogen and oxygen atoms in total. The maximum Gasteiger partial charge on any atom is 0.258 e. The van der Waals surface area contributed by atoms with E-state index in [0.717, 1.165) is 5.56 Å². The zero-order valence-corrected chi connectivity index (χ0v) is 18.2. The predicted molar refractivity (Wildman–Crippen MR) is 118 cm³/mol. The van der Waals surface area contributed by atoms with Crippen molar-refractivity contribution in [3.63, 3.8) is 0 Å². The van der Waals surface area contributed by atoms with E-state index in [9.17, 15) is 4.79 Å². The summed E-state index contributed by atoms with van der Waals surface area (Å²) >= 11 is 7.41. The van der Waals surface area contributed by atoms with Gasteiger partial charge in [0.05, 0.1) is 19.4 Å². The van der Waals surface area contributed by atoms with Gasteiger partial charge in [0, 0.05) is 22.9 Å². The van der Waals surface area contributed by atoms with Gasteiger partial charge in [-0.15, -0.1) is 11.8 Å². The Morgan fingerprint density at radius 3 is 2.52 bits per heavy atom. The third kappa shape index (κ3) is 5.78. The molecular weight excluding hydrogens is 408 g/mol. The highest BCUT2D eigenvalue weighted by Crippen LogP contribution is 2.29. The Kier molecular flexibility index (Phi) is 7.23. The second-order valence-corrected chi connectivity index (χ2v) is 8.32. The topological polar surface area (TPSA) is 53.4 Å². The molecule has 1 heterocycles. The fraction of sp³-hybridized carbons (Fsp3) is 0.273. The van der Waals surface area contributed by atoms with Gasteiger partial charge in [-0.3, -0.25) is 9.36 Å². The van der Waals surface area contributed by atoms with E-state index in [1.54, 1.807) is 13.2 Å². The summed E-state index contributed by atoms with van der Waals surface area (Å²) in [5, 5.41) is 1.38. The van der Waals surface area contributed by atoms with Crippen LogP contribution >= 0.6 is 23.4 Å². The van der Waals surface area contributed by atoms with E-state index in [1.165, 1.54) is 28.7 Å². The number of hydrogen-bond donors (Lipinski definition) is 0. The van der Waals surface area contributed by atoms with Crippen molar-refractivity contribution in [2.24, 2.45) is 5.92 Å². The Morgan fingerprint density at radius 2 is 1.86 bits per heavy atom. The second-order valence-electron chi connectivity index (χ2n) is 6.89. The van der Waals surface area contributed by atoms with Crippen LogP contribution in [0.1, 0.15) is 19.4 Å². The lowest BCUT2D eigenvalue weighted by Gasteiger charge is -2.14. The molecule has 3 rings (SSSR count). The molecule has 0 aliphatic rings. The van der Waals surface area contributed by atoms with E-state index in [1.807, 2.05) is 36.4 Å². The van der Waals surface area contributed by atoms with Crippen LogP contribution in [0.25, 0.3) is 5.69 Å². The van der Waals surface area contributed by atoms with Crippen molar-refractivity contribution >= 4 is 23.4 Å². The highest BCUT2D eigenvalue weighted by Gasteiger charge is 2.10. The van der Waals surface area contributed by atoms with E-state index in [0.29, 0.717) is 45.5 Å². The number of hydrogen-bond acceptors (Lipinski definition) is 5. The standard InChI is InChI=1S/C22H23ClN2O3S/c1-15(2)12-28-19-9-8-18(10-20(19)27-3)25-14-24-21(11-22(25)26)29-13-16-4-6-17(23)7-5-16/h4-11,14-15H,12-13H2,1-3H3. The summed E-state index contributed by atoms with van der Waals surface area (Å²) in [7, 11) is 1.58. The van der Waals surface area contributed by atoms with Crippen LogP contribution in [0.2, 0.25) is 5.02 Å². The molecule has 0 radical (unpaired) electrons. The first kappa shape index (κ1) is 21.3. The van der Waals surface area contributed by atoms with E-state index >= 15 is 0 Å². The fourth-order valence-electron chi connectivity index (χ4n) is 2.58. The van der Waals surface area contributed by atoms with Crippen molar-refractivity contribution in [3.05, 3.63) is 75.8 Å². The van der Waals surface area contributed by atoms with Gasteiger partial charge in [-0.25, -0.2) is 4.98 Å². The van der Waals surface area contributed by atoms with Gasteiger partial charge in [0.2, 0.25) is 0 Å². The smallest absolute Gasteiger partial charge is 0.258 e. The SMILES string of the molecule is COc1cc(-n2cnc(SCc3ccc(Cl)cc3)cc2=O)ccc1OCC(C)C. The van der Waals surface area contributed by atoms with Crippen molar-refractivity contribution in [1.82, 2.24) is 9.55 Å². The predicted octanol–water partition coefficient (Wildman–Crippen LogP) is 5.22. The number of methoxy groups -OCH3 is 1. The Hall–Kier alpha value is -2.44. The second kappa shape index (κ2) is 9.85. The van der Waals surface area contributed by atoms with Gasteiger partial charge in [-0.2, -0.15) is 0 Å². The number of rotatable bonds is 8. The minimum absolute atomic E-state index is 0.156. The molecule has 3 aromatic rings. The van der Waals surface area contributed by atoms with E-state index < -0.39 is 0 Å². The lowest BCUT2D eigenvalue weighted by Crippen LogP contribution is -2.18. The first-order valence-corrected chi connectivity index (χ1v) is 10.6. The van der Waals surface area contributed by atoms with Gasteiger partial charge in [0.15, 0.2) is 11.5 Å². The van der Waals surface area contributed by atoms with Crippen LogP contribution in [0.3, 0.4) is 0 Å². The van der Waals surface area contributed by atoms with Gasteiger partial charge in [0.25, 0.3) is 5.56 Å². The van der Waals surface area contributed by atoms with Gasteiger partial charge in [-0.1, -0.05) is 37.6 Å². The number of halogens is 1. The third-order valence-corrected chi connectivity index (χ3v) is 5.33. The Labute approximate surface area is 179 Å². The fourth-order valence-corrected chi connectivity index (χ4v) is 3.52. The monoisotopic (exact) mass is 430 g/mol. The Morgan fingerprint density at radius 1 is 1.10 bits per heavy atom. The zero-order valence-electron chi connectivity index (χ0n) is 16.6. The van der Waals surface area contributed by atoms with Crippen LogP contribution in [0.5, 0.6) is 11.5 Å². The molecule has 0 spiro atoms. The maximum absolute atomic E-state index is 12.6. The molecule has 0 saturated carbocycles. The van der Waals surface area contributed by atoms with Crippen LogP contribution in [0, 0.1) is 5.92 Å². The lowest BCUT2D eigenvalue weighted by atomic mass is 10.2. The van der Waals surface area contributed by atoms with E-state index in [4.69, 9.17) is 21.1 Å². The Balaban J connectivity index is 1.75. The highest BCUT2D eigenvalue weighted by molar-refractivity contribution is 7.98. The van der Waals surface area contributed by atoms with Crippen molar-refractivity contribution < 1.29 is 9.47 Å². The highest BCUT2D eigenvalue weighted by atomic mass is 35.5. The van der Waals surface area contributed by atoms with Crippen LogP contribution in [-0.2, 0) is 5.75 Å². The molecule has 0 N–H and O–H groups in total. The first-order valence-electron chi connectivity index (χ1n) is 9.23. The van der Waals surface area contributed by atoms with Gasteiger partial charge in [0.1, 0.15) is 11.4 Å². The summed E-state index contributed by atoms with van der Waals surface area (Å²) in [5.74, 6) is 2.35. The van der Waals surface area contributed by atoms with Gasteiger partial charge in [-0.05, 0) is 35.7 Å². The quantitative estimate of drug-likeness (QED) is 0.362. The lowest BCUT2D eigenvalue weighted by molar-refractivity contribution is 0.257. The molecule has 0 fully saturated rings. The summed E-state index contributed by atoms with van der Waals surface area (Å²) in [6.45, 7) is 4.76. The number of ether oxygens (including phenoxy) is 2. The molecule has 0 saturated heterocycles. The van der Waals surface area contributed by atoms with Gasteiger partial charge >= 0.3 is 0 Å². The van der Waals surface area contributed by atoms with Gasteiger partial charge < -0.3 is 9.47 Å². The molecule has 152 valence electrons. The molecule has 0 amide bonds. The maximum atomic E-state index is 12.6. The number of benzene rings is 2. The average Bonchev–Trinajstić information content (AvgIpc) is 2.72. The summed E-state index contributed by atoms with van der Waals surface area (Å²) < 4.78 is 12.7. The normalized spacial score (nSPS) is 10.9. The van der Waals surface area contributed by atoms with Crippen LogP contribution < -0.4 is 15.0 Å². The molecule has 7 heteroatoms. The molecule has 0 atom stereocenters. The molecular formula is C22H23ClN2O3S. The third-order valence-electron chi connectivity index (χ3n) is 4.08. The average molecular weight is 431 g/mol. The minimum atomic E-state index is -0.156. The molecule has 0 aliphatic carbocycles. The van der Waals surface area contributed by atoms with Crippen molar-refractivity contribution in [3.8, 4) is 17.2 Å². The molecule has 2 aromatic carbocycles. The zero-order chi connectivity index (χ0) is 20.8. The summed E-state index contributed by atoms with van der Waals surface area (Å²) in [6.07, 6.45) is 1.54. The van der Waals surface area contributed by atoms with Crippen molar-refractivity contribution in [2.45, 2.75) is 24.6 Å². The van der Waals surface area contributed by atoms with Crippen LogP contribution in [-0.4, -0.2) is 23.3 Å². The molecule has 0 unspecified atom stereocenters. The summed E-state index contributed by atoms with van der Waals surface area (Å²) in [4.78, 5) is 17.0. The molecule has 29 heavy (non-hydrogen) atoms. The van der Waals surface area contributed by atoms with Crippen LogP contribution in [0.15, 0.2) is 64.7 Å². The molecule has 0 bridgehead atoms. The number of aromatic nitrogens is 2. The Bertz CT molecular complexity index is 1020. The van der Waals surface area contributed by atoms with E-state index in [-0.39, 0.29) is 5.56 Å².